The molecule has 6 atom stereocenters. The Morgan fingerprint density at radius 2 is 1.53 bits per heavy atom. The Kier molecular flexibility index (Phi) is 20.2. The van der Waals surface area contributed by atoms with Crippen molar-refractivity contribution in [2.45, 2.75) is 168 Å². The first-order chi connectivity index (χ1) is 32.3. The van der Waals surface area contributed by atoms with E-state index in [0.717, 1.165) is 96.6 Å². The fourth-order valence-electron chi connectivity index (χ4n) is 10.8. The minimum Gasteiger partial charge on any atom is -0.459 e. The number of nitrogens with zero attached hydrogens (tertiary/aromatic N) is 2. The lowest BCUT2D eigenvalue weighted by Crippen LogP contribution is -2.70. The van der Waals surface area contributed by atoms with Gasteiger partial charge in [0.25, 0.3) is 0 Å². The van der Waals surface area contributed by atoms with Crippen LogP contribution in [0.3, 0.4) is 0 Å². The molecule has 0 spiro atoms. The number of aliphatic hydroxyl groups excluding tert-OH is 2. The zero-order valence-corrected chi connectivity index (χ0v) is 40.7. The number of hydrogen-bond acceptors (Lipinski definition) is 8. The second-order valence-corrected chi connectivity index (χ2v) is 19.0. The number of aliphatic hydroxyl groups is 2. The van der Waals surface area contributed by atoms with E-state index in [-0.39, 0.29) is 49.4 Å². The Labute approximate surface area is 396 Å². The molecule has 360 valence electrons. The van der Waals surface area contributed by atoms with Crippen LogP contribution < -0.4 is 9.47 Å². The number of carbonyl (C=O) groups excluding carboxylic acids is 1. The van der Waals surface area contributed by atoms with Crippen molar-refractivity contribution in [3.8, 4) is 17.2 Å². The highest BCUT2D eigenvalue weighted by Crippen LogP contribution is 2.62. The van der Waals surface area contributed by atoms with E-state index in [4.69, 9.17) is 24.2 Å². The molecule has 1 heterocycles. The molecule has 0 radical (unpaired) electrons. The zero-order valence-electron chi connectivity index (χ0n) is 40.7. The van der Waals surface area contributed by atoms with Crippen molar-refractivity contribution in [1.82, 2.24) is 4.90 Å². The first kappa shape index (κ1) is 51.0. The number of allylic oxidation sites excluding steroid dienone is 1. The molecule has 1 aliphatic heterocycles. The average Bonchev–Trinajstić information content (AvgIpc) is 3.32. The number of rotatable bonds is 29. The van der Waals surface area contributed by atoms with Gasteiger partial charge in [-0.2, -0.15) is 0 Å². The third-order valence-electron chi connectivity index (χ3n) is 14.3. The van der Waals surface area contributed by atoms with Crippen LogP contribution in [0.1, 0.15) is 158 Å². The molecule has 66 heavy (non-hydrogen) atoms. The van der Waals surface area contributed by atoms with Crippen molar-refractivity contribution in [1.29, 1.82) is 0 Å². The Bertz CT molecular complexity index is 2030. The molecule has 9 heteroatoms. The number of hydrogen-bond donors (Lipinski definition) is 2. The van der Waals surface area contributed by atoms with Crippen LogP contribution >= 0.6 is 0 Å². The lowest BCUT2D eigenvalue weighted by Gasteiger charge is -2.60. The van der Waals surface area contributed by atoms with E-state index in [9.17, 15) is 15.0 Å². The smallest absolute Gasteiger partial charge is 0.239 e. The summed E-state index contributed by atoms with van der Waals surface area (Å²) in [4.78, 5) is 23.2. The summed E-state index contributed by atoms with van der Waals surface area (Å²) >= 11 is 0. The molecule has 0 saturated heterocycles. The number of fused-ring (bicyclic) bond motifs is 2. The number of benzene rings is 3. The van der Waals surface area contributed by atoms with Gasteiger partial charge >= 0.3 is 0 Å². The van der Waals surface area contributed by atoms with Gasteiger partial charge in [-0.15, -0.1) is 6.58 Å². The molecule has 3 aliphatic rings. The lowest BCUT2D eigenvalue weighted by molar-refractivity contribution is -0.257. The van der Waals surface area contributed by atoms with Crippen LogP contribution in [0.15, 0.2) is 96.2 Å². The highest BCUT2D eigenvalue weighted by atomic mass is 16.7. The maximum absolute atomic E-state index is 14.9. The SMILES string of the molecule is C=CCOC12Oc3ccc(Oc4ccc(C)c(C)c4)cc3C3C(CCCCO)C(CCCCO)C=C(C(=NOCc4ccccc4)CC1N(CCC)C(=O)CCCCCCCCCCC)C32. The monoisotopic (exact) mass is 905 g/mol. The first-order valence-electron chi connectivity index (χ1n) is 25.6. The number of amides is 1. The summed E-state index contributed by atoms with van der Waals surface area (Å²) in [7, 11) is 0. The van der Waals surface area contributed by atoms with E-state index < -0.39 is 11.8 Å². The number of ether oxygens (including phenoxy) is 3. The van der Waals surface area contributed by atoms with Crippen molar-refractivity contribution < 1.29 is 34.1 Å². The minimum absolute atomic E-state index is 0.114. The van der Waals surface area contributed by atoms with Crippen molar-refractivity contribution in [2.75, 3.05) is 26.4 Å². The Morgan fingerprint density at radius 1 is 0.833 bits per heavy atom. The van der Waals surface area contributed by atoms with Gasteiger partial charge in [0.15, 0.2) is 0 Å². The van der Waals surface area contributed by atoms with Gasteiger partial charge in [0.05, 0.1) is 18.2 Å². The summed E-state index contributed by atoms with van der Waals surface area (Å²) in [5.74, 6) is 0.817. The highest BCUT2D eigenvalue weighted by Gasteiger charge is 2.65. The molecule has 0 aromatic heterocycles. The molecule has 3 aromatic carbocycles. The molecule has 0 bridgehead atoms. The van der Waals surface area contributed by atoms with Gasteiger partial charge in [0.1, 0.15) is 29.9 Å². The van der Waals surface area contributed by atoms with E-state index in [0.29, 0.717) is 38.8 Å². The number of carbonyl (C=O) groups is 1. The highest BCUT2D eigenvalue weighted by molar-refractivity contribution is 6.03. The molecule has 6 rings (SSSR count). The lowest BCUT2D eigenvalue weighted by atomic mass is 9.55. The minimum atomic E-state index is -1.28. The third-order valence-corrected chi connectivity index (χ3v) is 14.3. The molecule has 1 amide bonds. The number of unbranched alkanes of at least 4 members (excludes halogenated alkanes) is 10. The second kappa shape index (κ2) is 26.2. The zero-order chi connectivity index (χ0) is 46.7. The summed E-state index contributed by atoms with van der Waals surface area (Å²) in [6.45, 7) is 14.1. The third kappa shape index (κ3) is 13.0. The Morgan fingerprint density at radius 3 is 2.23 bits per heavy atom. The fraction of sp³-hybridized carbons (Fsp3) is 0.579. The molecule has 2 aliphatic carbocycles. The van der Waals surface area contributed by atoms with Crippen LogP contribution in [0.2, 0.25) is 0 Å². The van der Waals surface area contributed by atoms with Gasteiger partial charge in [0.2, 0.25) is 11.7 Å². The van der Waals surface area contributed by atoms with Crippen molar-refractivity contribution in [2.24, 2.45) is 22.9 Å². The van der Waals surface area contributed by atoms with E-state index >= 15 is 0 Å². The maximum Gasteiger partial charge on any atom is 0.239 e. The largest absolute Gasteiger partial charge is 0.459 e. The van der Waals surface area contributed by atoms with E-state index in [1.807, 2.05) is 48.5 Å². The standard InChI is InChI=1S/C57H80N2O7/c1-6-9-10-11-12-13-14-15-19-28-54(62)59(33-7-2)53-40-51(58-64-41-44-24-17-16-18-25-44)49-38-45(26-20-22-34-60)48(27-21-23-35-61)55-50-39-47(65-46-30-29-42(4)43(5)37-46)31-32-52(50)66-57(53,56(49)55)63-36-8-3/h8,16-18,24-25,29-32,37-39,45,48,53,55-56,60-61H,3,6-7,9-15,19-23,26-28,33-36,40-41H2,1-2,4-5H3. The van der Waals surface area contributed by atoms with Crippen molar-refractivity contribution in [3.63, 3.8) is 0 Å². The number of aryl methyl sites for hydroxylation is 2. The van der Waals surface area contributed by atoms with Crippen molar-refractivity contribution in [3.05, 3.63) is 113 Å². The van der Waals surface area contributed by atoms with Gasteiger partial charge < -0.3 is 34.2 Å². The topological polar surface area (TPSA) is 110 Å². The summed E-state index contributed by atoms with van der Waals surface area (Å²) < 4.78 is 21.3. The molecule has 1 fully saturated rings. The quantitative estimate of drug-likeness (QED) is 0.0405. The summed E-state index contributed by atoms with van der Waals surface area (Å²) in [5, 5.41) is 25.1. The predicted molar refractivity (Wildman–Crippen MR) is 266 cm³/mol. The normalized spacial score (nSPS) is 22.5. The fourth-order valence-corrected chi connectivity index (χ4v) is 10.8. The van der Waals surface area contributed by atoms with Crippen LogP contribution in [0.25, 0.3) is 0 Å². The van der Waals surface area contributed by atoms with Crippen LogP contribution in [0, 0.1) is 31.6 Å². The molecular weight excluding hydrogens is 825 g/mol. The molecule has 1 saturated carbocycles. The summed E-state index contributed by atoms with van der Waals surface area (Å²) in [6.07, 6.45) is 21.4. The maximum atomic E-state index is 14.9. The van der Waals surface area contributed by atoms with Crippen molar-refractivity contribution >= 4 is 11.6 Å². The van der Waals surface area contributed by atoms with Crippen LogP contribution in [-0.2, 0) is 21.0 Å². The molecule has 3 aromatic rings. The van der Waals surface area contributed by atoms with Gasteiger partial charge in [-0.1, -0.05) is 132 Å². The van der Waals surface area contributed by atoms with Gasteiger partial charge in [0, 0.05) is 44.1 Å². The Balaban J connectivity index is 1.47. The molecular formula is C57H80N2O7. The van der Waals surface area contributed by atoms with Gasteiger partial charge in [-0.3, -0.25) is 4.79 Å². The van der Waals surface area contributed by atoms with Crippen LogP contribution in [0.4, 0.5) is 0 Å². The molecule has 6 unspecified atom stereocenters. The van der Waals surface area contributed by atoms with Crippen LogP contribution in [-0.4, -0.2) is 64.9 Å². The molecule has 9 nitrogen and oxygen atoms in total. The van der Waals surface area contributed by atoms with Crippen LogP contribution in [0.5, 0.6) is 17.2 Å². The molecule has 2 N–H and O–H groups in total. The van der Waals surface area contributed by atoms with Gasteiger partial charge in [-0.25, -0.2) is 0 Å². The second-order valence-electron chi connectivity index (χ2n) is 19.0. The van der Waals surface area contributed by atoms with E-state index in [1.54, 1.807) is 6.08 Å². The van der Waals surface area contributed by atoms with E-state index in [1.165, 1.54) is 44.1 Å². The predicted octanol–water partition coefficient (Wildman–Crippen LogP) is 13.1. The summed E-state index contributed by atoms with van der Waals surface area (Å²) in [5.41, 5.74) is 6.28. The van der Waals surface area contributed by atoms with Gasteiger partial charge in [-0.05, 0) is 117 Å². The Hall–Kier alpha value is -4.44. The first-order valence-corrected chi connectivity index (χ1v) is 25.6. The van der Waals surface area contributed by atoms with E-state index in [2.05, 4.69) is 63.4 Å². The average molecular weight is 905 g/mol. The number of oxime groups is 1. The summed E-state index contributed by atoms with van der Waals surface area (Å²) in [6, 6.07) is 21.9.